The number of benzene rings is 2. The molecule has 140 valence electrons. The van der Waals surface area contributed by atoms with Crippen LogP contribution in [0.15, 0.2) is 36.4 Å². The Morgan fingerprint density at radius 1 is 1.07 bits per heavy atom. The second kappa shape index (κ2) is 6.78. The van der Waals surface area contributed by atoms with Gasteiger partial charge in [0.05, 0.1) is 0 Å². The van der Waals surface area contributed by atoms with Gasteiger partial charge in [-0.2, -0.15) is 0 Å². The Bertz CT molecular complexity index is 955. The molecule has 2 aromatic rings. The molecule has 0 saturated heterocycles. The van der Waals surface area contributed by atoms with Crippen molar-refractivity contribution in [2.75, 3.05) is 0 Å². The van der Waals surface area contributed by atoms with Crippen LogP contribution in [-0.2, 0) is 17.3 Å². The molecule has 0 saturated carbocycles. The van der Waals surface area contributed by atoms with Gasteiger partial charge >= 0.3 is 5.97 Å². The third-order valence-electron chi connectivity index (χ3n) is 5.67. The van der Waals surface area contributed by atoms with Gasteiger partial charge in [-0.05, 0) is 58.6 Å². The number of hydrogen-bond acceptors (Lipinski definition) is 2. The molecule has 0 atom stereocenters. The van der Waals surface area contributed by atoms with Crippen molar-refractivity contribution in [2.45, 2.75) is 57.8 Å². The molecule has 3 rings (SSSR count). The quantitative estimate of drug-likeness (QED) is 0.736. The maximum atomic E-state index is 11.0. The lowest BCUT2D eigenvalue weighted by Crippen LogP contribution is -2.34. The SMILES string of the molecule is CC1(C)CCC(C)(C)c2c(CC#Cc3ccc(C(=O)O)c(O)c3)cccc21. The summed E-state index contributed by atoms with van der Waals surface area (Å²) in [6, 6.07) is 10.9. The fourth-order valence-electron chi connectivity index (χ4n) is 4.03. The first kappa shape index (κ1) is 19.0. The van der Waals surface area contributed by atoms with Gasteiger partial charge in [0.15, 0.2) is 0 Å². The average molecular weight is 362 g/mol. The highest BCUT2D eigenvalue weighted by Crippen LogP contribution is 2.47. The van der Waals surface area contributed by atoms with Crippen LogP contribution in [0.2, 0.25) is 0 Å². The Labute approximate surface area is 161 Å². The Morgan fingerprint density at radius 2 is 1.78 bits per heavy atom. The number of fused-ring (bicyclic) bond motifs is 1. The number of aromatic carboxylic acids is 1. The van der Waals surface area contributed by atoms with E-state index in [1.54, 1.807) is 6.07 Å². The number of carboxylic acids is 1. The first-order chi connectivity index (χ1) is 12.6. The summed E-state index contributed by atoms with van der Waals surface area (Å²) in [6.07, 6.45) is 2.96. The van der Waals surface area contributed by atoms with Gasteiger partial charge in [0.1, 0.15) is 11.3 Å². The molecule has 0 bridgehead atoms. The van der Waals surface area contributed by atoms with Crippen molar-refractivity contribution in [3.8, 4) is 17.6 Å². The van der Waals surface area contributed by atoms with Gasteiger partial charge in [0.25, 0.3) is 0 Å². The number of aromatic hydroxyl groups is 1. The summed E-state index contributed by atoms with van der Waals surface area (Å²) in [4.78, 5) is 11.0. The number of hydrogen-bond donors (Lipinski definition) is 2. The van der Waals surface area contributed by atoms with Crippen LogP contribution >= 0.6 is 0 Å². The van der Waals surface area contributed by atoms with E-state index in [9.17, 15) is 9.90 Å². The minimum Gasteiger partial charge on any atom is -0.507 e. The summed E-state index contributed by atoms with van der Waals surface area (Å²) in [6.45, 7) is 9.23. The third kappa shape index (κ3) is 3.71. The summed E-state index contributed by atoms with van der Waals surface area (Å²) in [5, 5.41) is 18.8. The smallest absolute Gasteiger partial charge is 0.339 e. The first-order valence-electron chi connectivity index (χ1n) is 9.30. The van der Waals surface area contributed by atoms with E-state index in [-0.39, 0.29) is 22.1 Å². The van der Waals surface area contributed by atoms with E-state index in [1.165, 1.54) is 35.2 Å². The van der Waals surface area contributed by atoms with Gasteiger partial charge in [0.2, 0.25) is 0 Å². The minimum absolute atomic E-state index is 0.110. The van der Waals surface area contributed by atoms with Crippen molar-refractivity contribution in [1.82, 2.24) is 0 Å². The molecule has 0 unspecified atom stereocenters. The summed E-state index contributed by atoms with van der Waals surface area (Å²) in [5.74, 6) is 4.85. The second-order valence-electron chi connectivity index (χ2n) is 8.62. The number of phenols is 1. The molecule has 0 aromatic heterocycles. The molecule has 0 radical (unpaired) electrons. The van der Waals surface area contributed by atoms with Crippen molar-refractivity contribution in [3.63, 3.8) is 0 Å². The van der Waals surface area contributed by atoms with E-state index < -0.39 is 5.97 Å². The Kier molecular flexibility index (Phi) is 4.78. The van der Waals surface area contributed by atoms with Gasteiger partial charge in [-0.15, -0.1) is 0 Å². The van der Waals surface area contributed by atoms with Crippen LogP contribution in [0.1, 0.15) is 73.1 Å². The summed E-state index contributed by atoms with van der Waals surface area (Å²) >= 11 is 0. The number of carbonyl (C=O) groups is 1. The summed E-state index contributed by atoms with van der Waals surface area (Å²) in [5.41, 5.74) is 4.89. The monoisotopic (exact) mass is 362 g/mol. The van der Waals surface area contributed by atoms with Crippen LogP contribution < -0.4 is 0 Å². The molecule has 1 aliphatic carbocycles. The van der Waals surface area contributed by atoms with Crippen LogP contribution in [0, 0.1) is 11.8 Å². The maximum Gasteiger partial charge on any atom is 0.339 e. The van der Waals surface area contributed by atoms with Gasteiger partial charge in [0, 0.05) is 12.0 Å². The minimum atomic E-state index is -1.15. The van der Waals surface area contributed by atoms with E-state index in [2.05, 4.69) is 57.7 Å². The molecule has 0 heterocycles. The Morgan fingerprint density at radius 3 is 2.44 bits per heavy atom. The topological polar surface area (TPSA) is 57.5 Å². The molecule has 0 fully saturated rings. The molecule has 3 heteroatoms. The van der Waals surface area contributed by atoms with Gasteiger partial charge in [-0.1, -0.05) is 57.7 Å². The largest absolute Gasteiger partial charge is 0.507 e. The zero-order valence-corrected chi connectivity index (χ0v) is 16.4. The van der Waals surface area contributed by atoms with E-state index in [0.717, 1.165) is 6.42 Å². The van der Waals surface area contributed by atoms with Crippen molar-refractivity contribution in [1.29, 1.82) is 0 Å². The highest BCUT2D eigenvalue weighted by molar-refractivity contribution is 5.90. The second-order valence-corrected chi connectivity index (χ2v) is 8.62. The lowest BCUT2D eigenvalue weighted by atomic mass is 9.62. The molecule has 3 nitrogen and oxygen atoms in total. The maximum absolute atomic E-state index is 11.0. The van der Waals surface area contributed by atoms with Gasteiger partial charge in [-0.3, -0.25) is 0 Å². The predicted octanol–water partition coefficient (Wildman–Crippen LogP) is 5.03. The summed E-state index contributed by atoms with van der Waals surface area (Å²) < 4.78 is 0. The van der Waals surface area contributed by atoms with Crippen LogP contribution in [0.3, 0.4) is 0 Å². The van der Waals surface area contributed by atoms with Crippen LogP contribution in [0.25, 0.3) is 0 Å². The third-order valence-corrected chi connectivity index (χ3v) is 5.67. The molecule has 1 aliphatic rings. The van der Waals surface area contributed by atoms with E-state index in [1.807, 2.05) is 0 Å². The molecule has 0 amide bonds. The molecule has 2 aromatic carbocycles. The van der Waals surface area contributed by atoms with Crippen LogP contribution in [-0.4, -0.2) is 16.2 Å². The highest BCUT2D eigenvalue weighted by atomic mass is 16.4. The summed E-state index contributed by atoms with van der Waals surface area (Å²) in [7, 11) is 0. The van der Waals surface area contributed by atoms with Crippen LogP contribution in [0.4, 0.5) is 0 Å². The molecular formula is C24H26O3. The number of carboxylic acid groups (broad SMARTS) is 1. The Hall–Kier alpha value is -2.73. The average Bonchev–Trinajstić information content (AvgIpc) is 2.59. The fourth-order valence-corrected chi connectivity index (χ4v) is 4.03. The van der Waals surface area contributed by atoms with Crippen molar-refractivity contribution in [2.24, 2.45) is 0 Å². The van der Waals surface area contributed by atoms with E-state index >= 15 is 0 Å². The standard InChI is InChI=1S/C24H26O3/c1-23(2)13-14-24(3,4)21-17(9-6-10-19(21)23)8-5-7-16-11-12-18(22(26)27)20(25)15-16/h6,9-12,15,25H,8,13-14H2,1-4H3,(H,26,27). The van der Waals surface area contributed by atoms with E-state index in [0.29, 0.717) is 12.0 Å². The highest BCUT2D eigenvalue weighted by Gasteiger charge is 2.38. The van der Waals surface area contributed by atoms with Crippen molar-refractivity contribution >= 4 is 5.97 Å². The molecule has 0 spiro atoms. The molecule has 2 N–H and O–H groups in total. The van der Waals surface area contributed by atoms with Gasteiger partial charge < -0.3 is 10.2 Å². The Balaban J connectivity index is 1.92. The van der Waals surface area contributed by atoms with E-state index in [4.69, 9.17) is 5.11 Å². The zero-order chi connectivity index (χ0) is 19.8. The zero-order valence-electron chi connectivity index (χ0n) is 16.4. The lowest BCUT2D eigenvalue weighted by molar-refractivity contribution is 0.0693. The molecular weight excluding hydrogens is 336 g/mol. The normalized spacial score (nSPS) is 16.7. The first-order valence-corrected chi connectivity index (χ1v) is 9.30. The van der Waals surface area contributed by atoms with Crippen LogP contribution in [0.5, 0.6) is 5.75 Å². The predicted molar refractivity (Wildman–Crippen MR) is 107 cm³/mol. The lowest BCUT2D eigenvalue weighted by Gasteiger charge is -2.43. The van der Waals surface area contributed by atoms with Gasteiger partial charge in [-0.25, -0.2) is 4.79 Å². The molecule has 0 aliphatic heterocycles. The number of rotatable bonds is 2. The molecule has 27 heavy (non-hydrogen) atoms. The fraction of sp³-hybridized carbons (Fsp3) is 0.375. The van der Waals surface area contributed by atoms with Crippen molar-refractivity contribution < 1.29 is 15.0 Å². The van der Waals surface area contributed by atoms with Crippen molar-refractivity contribution in [3.05, 3.63) is 64.2 Å².